The zero-order valence-electron chi connectivity index (χ0n) is 14.8. The van der Waals surface area contributed by atoms with Crippen LogP contribution in [0.25, 0.3) is 0 Å². The Balaban J connectivity index is 0.00000264. The molecule has 0 bridgehead atoms. The zero-order valence-corrected chi connectivity index (χ0v) is 16.4. The summed E-state index contributed by atoms with van der Waals surface area (Å²) < 4.78 is 0. The number of rotatable bonds is 6. The monoisotopic (exact) mass is 375 g/mol. The molecule has 24 heavy (non-hydrogen) atoms. The maximum absolute atomic E-state index is 12.2. The van der Waals surface area contributed by atoms with Gasteiger partial charge in [-0.15, -0.1) is 24.8 Å². The maximum Gasteiger partial charge on any atom is 0.237 e. The van der Waals surface area contributed by atoms with Crippen LogP contribution in [0, 0.1) is 0 Å². The lowest BCUT2D eigenvalue weighted by Crippen LogP contribution is -2.54. The lowest BCUT2D eigenvalue weighted by Gasteiger charge is -2.32. The summed E-state index contributed by atoms with van der Waals surface area (Å²) in [6, 6.07) is 10.6. The molecule has 0 saturated carbocycles. The summed E-state index contributed by atoms with van der Waals surface area (Å²) in [7, 11) is 0. The van der Waals surface area contributed by atoms with Gasteiger partial charge in [-0.2, -0.15) is 0 Å². The van der Waals surface area contributed by atoms with E-state index in [0.29, 0.717) is 6.54 Å². The van der Waals surface area contributed by atoms with Gasteiger partial charge in [0.05, 0.1) is 6.04 Å². The van der Waals surface area contributed by atoms with Crippen molar-refractivity contribution in [1.29, 1.82) is 0 Å². The van der Waals surface area contributed by atoms with E-state index in [0.717, 1.165) is 19.4 Å². The van der Waals surface area contributed by atoms with Crippen molar-refractivity contribution >= 4 is 30.7 Å². The first-order valence-corrected chi connectivity index (χ1v) is 8.32. The number of nitrogens with one attached hydrogen (secondary N) is 3. The topological polar surface area (TPSA) is 53.2 Å². The van der Waals surface area contributed by atoms with E-state index < -0.39 is 0 Å². The Morgan fingerprint density at radius 1 is 1.25 bits per heavy atom. The number of hydrogen-bond acceptors (Lipinski definition) is 3. The first-order valence-electron chi connectivity index (χ1n) is 8.32. The molecule has 1 aromatic rings. The first-order chi connectivity index (χ1) is 10.5. The molecule has 2 rings (SSSR count). The summed E-state index contributed by atoms with van der Waals surface area (Å²) in [5.41, 5.74) is 1.11. The molecule has 1 saturated heterocycles. The molecule has 1 unspecified atom stereocenters. The second kappa shape index (κ2) is 10.9. The Morgan fingerprint density at radius 3 is 2.50 bits per heavy atom. The third kappa shape index (κ3) is 7.39. The van der Waals surface area contributed by atoms with Crippen LogP contribution in [0.15, 0.2) is 30.3 Å². The van der Waals surface area contributed by atoms with Crippen molar-refractivity contribution < 1.29 is 4.79 Å². The fraction of sp³-hybridized carbons (Fsp3) is 0.611. The SMILES string of the molecule is CC(NC(C)(C)CNC(=O)[C@H]1CCCCN1)c1ccccc1.Cl.Cl. The Bertz CT molecular complexity index is 476. The Morgan fingerprint density at radius 2 is 1.92 bits per heavy atom. The van der Waals surface area contributed by atoms with E-state index in [4.69, 9.17) is 0 Å². The van der Waals surface area contributed by atoms with Crippen LogP contribution in [0.3, 0.4) is 0 Å². The van der Waals surface area contributed by atoms with Gasteiger partial charge in [0.15, 0.2) is 0 Å². The van der Waals surface area contributed by atoms with Gasteiger partial charge in [-0.25, -0.2) is 0 Å². The molecule has 0 aromatic heterocycles. The minimum absolute atomic E-state index is 0. The van der Waals surface area contributed by atoms with Crippen LogP contribution in [-0.4, -0.2) is 30.6 Å². The highest BCUT2D eigenvalue weighted by molar-refractivity contribution is 5.85. The summed E-state index contributed by atoms with van der Waals surface area (Å²) in [5, 5.41) is 9.97. The largest absolute Gasteiger partial charge is 0.353 e. The van der Waals surface area contributed by atoms with Crippen molar-refractivity contribution in [2.45, 2.75) is 57.7 Å². The minimum Gasteiger partial charge on any atom is -0.353 e. The molecule has 1 fully saturated rings. The highest BCUT2D eigenvalue weighted by atomic mass is 35.5. The third-order valence-corrected chi connectivity index (χ3v) is 4.24. The molecule has 0 spiro atoms. The molecular weight excluding hydrogens is 345 g/mol. The van der Waals surface area contributed by atoms with Crippen LogP contribution in [-0.2, 0) is 4.79 Å². The van der Waals surface area contributed by atoms with Gasteiger partial charge >= 0.3 is 0 Å². The molecule has 1 amide bonds. The molecule has 4 nitrogen and oxygen atoms in total. The summed E-state index contributed by atoms with van der Waals surface area (Å²) >= 11 is 0. The van der Waals surface area contributed by atoms with Crippen molar-refractivity contribution in [2.24, 2.45) is 0 Å². The number of piperidine rings is 1. The normalized spacial score (nSPS) is 18.7. The van der Waals surface area contributed by atoms with Crippen LogP contribution >= 0.6 is 24.8 Å². The molecule has 138 valence electrons. The van der Waals surface area contributed by atoms with E-state index in [1.165, 1.54) is 12.0 Å². The van der Waals surface area contributed by atoms with Gasteiger partial charge in [0.2, 0.25) is 5.91 Å². The van der Waals surface area contributed by atoms with Gasteiger partial charge in [0.1, 0.15) is 0 Å². The smallest absolute Gasteiger partial charge is 0.237 e. The van der Waals surface area contributed by atoms with Crippen LogP contribution in [0.5, 0.6) is 0 Å². The lowest BCUT2D eigenvalue weighted by atomic mass is 10.00. The average molecular weight is 376 g/mol. The van der Waals surface area contributed by atoms with E-state index in [1.807, 2.05) is 6.07 Å². The van der Waals surface area contributed by atoms with Crippen LogP contribution in [0.1, 0.15) is 51.6 Å². The molecule has 1 heterocycles. The molecule has 1 aromatic carbocycles. The molecule has 1 aliphatic heterocycles. The summed E-state index contributed by atoms with van der Waals surface area (Å²) in [5.74, 6) is 0.127. The summed E-state index contributed by atoms with van der Waals surface area (Å²) in [4.78, 5) is 12.2. The molecule has 0 radical (unpaired) electrons. The van der Waals surface area contributed by atoms with Crippen LogP contribution in [0.2, 0.25) is 0 Å². The second-order valence-corrected chi connectivity index (χ2v) is 6.88. The number of benzene rings is 1. The standard InChI is InChI=1S/C18H29N3O.2ClH/c1-14(15-9-5-4-6-10-15)21-18(2,3)13-20-17(22)16-11-7-8-12-19-16;;/h4-6,9-10,14,16,19,21H,7-8,11-13H2,1-3H3,(H,20,22);2*1H/t14?,16-;;/m1../s1. The molecule has 3 N–H and O–H groups in total. The Hall–Kier alpha value is -0.810. The third-order valence-electron chi connectivity index (χ3n) is 4.24. The lowest BCUT2D eigenvalue weighted by molar-refractivity contribution is -0.123. The predicted molar refractivity (Wildman–Crippen MR) is 105 cm³/mol. The number of carbonyl (C=O) groups excluding carboxylic acids is 1. The van der Waals surface area contributed by atoms with Crippen molar-refractivity contribution in [2.75, 3.05) is 13.1 Å². The molecule has 0 aliphatic carbocycles. The molecule has 6 heteroatoms. The quantitative estimate of drug-likeness (QED) is 0.715. The molecular formula is C18H31Cl2N3O. The fourth-order valence-electron chi connectivity index (χ4n) is 2.97. The molecule has 1 aliphatic rings. The zero-order chi connectivity index (χ0) is 16.0. The highest BCUT2D eigenvalue weighted by Gasteiger charge is 2.25. The van der Waals surface area contributed by atoms with Crippen molar-refractivity contribution in [3.8, 4) is 0 Å². The van der Waals surface area contributed by atoms with Gasteiger partial charge in [-0.1, -0.05) is 36.8 Å². The maximum atomic E-state index is 12.2. The van der Waals surface area contributed by atoms with E-state index in [-0.39, 0.29) is 48.3 Å². The van der Waals surface area contributed by atoms with Crippen molar-refractivity contribution in [3.05, 3.63) is 35.9 Å². The van der Waals surface area contributed by atoms with Crippen LogP contribution in [0.4, 0.5) is 0 Å². The minimum atomic E-state index is -0.153. The van der Waals surface area contributed by atoms with Gasteiger partial charge in [0, 0.05) is 18.1 Å². The Labute approximate surface area is 158 Å². The van der Waals surface area contributed by atoms with E-state index in [2.05, 4.69) is 61.0 Å². The first kappa shape index (κ1) is 23.2. The second-order valence-electron chi connectivity index (χ2n) is 6.88. The van der Waals surface area contributed by atoms with Gasteiger partial charge in [-0.3, -0.25) is 4.79 Å². The fourth-order valence-corrected chi connectivity index (χ4v) is 2.97. The number of amides is 1. The number of hydrogen-bond donors (Lipinski definition) is 3. The highest BCUT2D eigenvalue weighted by Crippen LogP contribution is 2.16. The number of halogens is 2. The molecule has 2 atom stereocenters. The van der Waals surface area contributed by atoms with Crippen LogP contribution < -0.4 is 16.0 Å². The van der Waals surface area contributed by atoms with E-state index >= 15 is 0 Å². The van der Waals surface area contributed by atoms with E-state index in [9.17, 15) is 4.79 Å². The summed E-state index contributed by atoms with van der Waals surface area (Å²) in [6.45, 7) is 7.98. The Kier molecular flexibility index (Phi) is 10.6. The number of carbonyl (C=O) groups is 1. The van der Waals surface area contributed by atoms with Gasteiger partial charge < -0.3 is 16.0 Å². The predicted octanol–water partition coefficient (Wildman–Crippen LogP) is 3.22. The summed E-state index contributed by atoms with van der Waals surface area (Å²) in [6.07, 6.45) is 3.25. The van der Waals surface area contributed by atoms with Gasteiger partial charge in [0.25, 0.3) is 0 Å². The van der Waals surface area contributed by atoms with Gasteiger partial charge in [-0.05, 0) is 45.7 Å². The van der Waals surface area contributed by atoms with E-state index in [1.54, 1.807) is 0 Å². The average Bonchev–Trinajstić information content (AvgIpc) is 2.54. The van der Waals surface area contributed by atoms with Crippen molar-refractivity contribution in [1.82, 2.24) is 16.0 Å². The van der Waals surface area contributed by atoms with Crippen molar-refractivity contribution in [3.63, 3.8) is 0 Å².